The largest absolute Gasteiger partial charge is 0.342 e. The number of hydrogen-bond donors (Lipinski definition) is 2. The molecule has 3 rings (SSSR count). The Morgan fingerprint density at radius 3 is 2.74 bits per heavy atom. The van der Waals surface area contributed by atoms with Crippen molar-refractivity contribution in [2.75, 3.05) is 26.2 Å². The monoisotopic (exact) mass is 322 g/mol. The molecule has 7 nitrogen and oxygen atoms in total. The molecule has 23 heavy (non-hydrogen) atoms. The van der Waals surface area contributed by atoms with Crippen LogP contribution in [0.4, 0.5) is 4.79 Å². The molecule has 7 heteroatoms. The first-order chi connectivity index (χ1) is 11.1. The topological polar surface area (TPSA) is 95.7 Å². The highest BCUT2D eigenvalue weighted by molar-refractivity contribution is 6.07. The summed E-state index contributed by atoms with van der Waals surface area (Å²) in [5, 5.41) is 2.84. The average Bonchev–Trinajstić information content (AvgIpc) is 3.21. The van der Waals surface area contributed by atoms with Gasteiger partial charge in [0, 0.05) is 26.1 Å². The zero-order chi connectivity index (χ0) is 16.4. The third kappa shape index (κ3) is 3.06. The molecular weight excluding hydrogens is 296 g/mol. The first kappa shape index (κ1) is 16.2. The van der Waals surface area contributed by atoms with Crippen molar-refractivity contribution < 1.29 is 14.4 Å². The number of imide groups is 1. The molecule has 0 radical (unpaired) electrons. The summed E-state index contributed by atoms with van der Waals surface area (Å²) in [6, 6.07) is -0.341. The van der Waals surface area contributed by atoms with Gasteiger partial charge in [0.1, 0.15) is 5.54 Å². The van der Waals surface area contributed by atoms with Gasteiger partial charge in [0.05, 0.1) is 0 Å². The lowest BCUT2D eigenvalue weighted by molar-refractivity contribution is -0.133. The van der Waals surface area contributed by atoms with Gasteiger partial charge in [-0.2, -0.15) is 0 Å². The molecule has 128 valence electrons. The highest BCUT2D eigenvalue weighted by Gasteiger charge is 2.52. The summed E-state index contributed by atoms with van der Waals surface area (Å²) < 4.78 is 0. The second-order valence-corrected chi connectivity index (χ2v) is 7.00. The lowest BCUT2D eigenvalue weighted by Gasteiger charge is -2.21. The zero-order valence-corrected chi connectivity index (χ0v) is 13.6. The average molecular weight is 322 g/mol. The van der Waals surface area contributed by atoms with E-state index in [1.165, 1.54) is 4.90 Å². The summed E-state index contributed by atoms with van der Waals surface area (Å²) in [6.07, 6.45) is 5.52. The molecule has 2 heterocycles. The van der Waals surface area contributed by atoms with Crippen molar-refractivity contribution in [1.82, 2.24) is 15.1 Å². The molecule has 3 fully saturated rings. The van der Waals surface area contributed by atoms with Crippen molar-refractivity contribution in [2.45, 2.75) is 50.5 Å². The fourth-order valence-corrected chi connectivity index (χ4v) is 4.09. The number of amides is 4. The van der Waals surface area contributed by atoms with Crippen LogP contribution >= 0.6 is 0 Å². The Hall–Kier alpha value is -1.63. The maximum absolute atomic E-state index is 12.5. The minimum Gasteiger partial charge on any atom is -0.342 e. The van der Waals surface area contributed by atoms with Gasteiger partial charge in [0.2, 0.25) is 5.91 Å². The molecule has 1 saturated carbocycles. The molecule has 3 aliphatic rings. The van der Waals surface area contributed by atoms with Gasteiger partial charge in [-0.15, -0.1) is 0 Å². The first-order valence-corrected chi connectivity index (χ1v) is 8.68. The Labute approximate surface area is 136 Å². The lowest BCUT2D eigenvalue weighted by atomic mass is 9.98. The van der Waals surface area contributed by atoms with Gasteiger partial charge < -0.3 is 16.0 Å². The number of rotatable bonds is 5. The molecule has 0 aromatic heterocycles. The molecule has 2 aliphatic heterocycles. The second-order valence-electron chi connectivity index (χ2n) is 7.00. The van der Waals surface area contributed by atoms with Gasteiger partial charge in [0.15, 0.2) is 0 Å². The fraction of sp³-hybridized carbons (Fsp3) is 0.812. The number of hydrogen-bond acceptors (Lipinski definition) is 4. The van der Waals surface area contributed by atoms with Gasteiger partial charge in [-0.3, -0.25) is 14.5 Å². The number of likely N-dealkylation sites (tertiary alicyclic amines) is 1. The summed E-state index contributed by atoms with van der Waals surface area (Å²) in [6.45, 7) is 2.34. The summed E-state index contributed by atoms with van der Waals surface area (Å²) in [5.74, 6) is 0.371. The lowest BCUT2D eigenvalue weighted by Crippen LogP contribution is -2.44. The van der Waals surface area contributed by atoms with E-state index in [2.05, 4.69) is 5.32 Å². The maximum Gasteiger partial charge on any atom is 0.325 e. The highest BCUT2D eigenvalue weighted by atomic mass is 16.2. The molecule has 0 aromatic carbocycles. The van der Waals surface area contributed by atoms with Gasteiger partial charge in [-0.05, 0) is 38.1 Å². The van der Waals surface area contributed by atoms with Gasteiger partial charge in [-0.1, -0.05) is 12.8 Å². The number of carbonyl (C=O) groups is 3. The number of urea groups is 1. The van der Waals surface area contributed by atoms with E-state index in [1.807, 2.05) is 4.90 Å². The SMILES string of the molecule is NCCC1CCN(C(=O)CCN2C(=O)NC3(CCCC3)C2=O)C1. The van der Waals surface area contributed by atoms with Crippen LogP contribution in [0.25, 0.3) is 0 Å². The zero-order valence-electron chi connectivity index (χ0n) is 13.6. The Morgan fingerprint density at radius 1 is 1.30 bits per heavy atom. The van der Waals surface area contributed by atoms with Crippen molar-refractivity contribution in [3.63, 3.8) is 0 Å². The second kappa shape index (κ2) is 6.47. The molecule has 0 aromatic rings. The van der Waals surface area contributed by atoms with Gasteiger partial charge in [0.25, 0.3) is 5.91 Å². The van der Waals surface area contributed by atoms with Crippen LogP contribution < -0.4 is 11.1 Å². The van der Waals surface area contributed by atoms with Crippen LogP contribution in [0.15, 0.2) is 0 Å². The van der Waals surface area contributed by atoms with Gasteiger partial charge in [-0.25, -0.2) is 4.79 Å². The van der Waals surface area contributed by atoms with Crippen molar-refractivity contribution >= 4 is 17.8 Å². The predicted octanol–water partition coefficient (Wildman–Crippen LogP) is 0.438. The summed E-state index contributed by atoms with van der Waals surface area (Å²) in [5.41, 5.74) is 4.89. The van der Waals surface area contributed by atoms with E-state index < -0.39 is 5.54 Å². The van der Waals surface area contributed by atoms with Crippen LogP contribution in [0.2, 0.25) is 0 Å². The smallest absolute Gasteiger partial charge is 0.325 e. The predicted molar refractivity (Wildman–Crippen MR) is 84.4 cm³/mol. The van der Waals surface area contributed by atoms with Crippen LogP contribution in [-0.2, 0) is 9.59 Å². The van der Waals surface area contributed by atoms with E-state index in [-0.39, 0.29) is 30.8 Å². The molecular formula is C16H26N4O3. The molecule has 1 spiro atoms. The van der Waals surface area contributed by atoms with E-state index >= 15 is 0 Å². The van der Waals surface area contributed by atoms with Crippen LogP contribution in [0, 0.1) is 5.92 Å². The molecule has 3 N–H and O–H groups in total. The van der Waals surface area contributed by atoms with Crippen molar-refractivity contribution in [2.24, 2.45) is 11.7 Å². The first-order valence-electron chi connectivity index (χ1n) is 8.68. The van der Waals surface area contributed by atoms with E-state index in [1.54, 1.807) is 0 Å². The Bertz CT molecular complexity index is 502. The molecule has 1 unspecified atom stereocenters. The highest BCUT2D eigenvalue weighted by Crippen LogP contribution is 2.35. The Balaban J connectivity index is 1.51. The number of carbonyl (C=O) groups excluding carboxylic acids is 3. The van der Waals surface area contributed by atoms with Crippen LogP contribution in [0.3, 0.4) is 0 Å². The minimum atomic E-state index is -0.681. The van der Waals surface area contributed by atoms with E-state index in [0.717, 1.165) is 51.6 Å². The van der Waals surface area contributed by atoms with E-state index in [4.69, 9.17) is 5.73 Å². The third-order valence-corrected chi connectivity index (χ3v) is 5.47. The minimum absolute atomic E-state index is 0.0255. The molecule has 4 amide bonds. The fourth-order valence-electron chi connectivity index (χ4n) is 4.09. The Morgan fingerprint density at radius 2 is 2.04 bits per heavy atom. The quantitative estimate of drug-likeness (QED) is 0.718. The van der Waals surface area contributed by atoms with Gasteiger partial charge >= 0.3 is 6.03 Å². The number of nitrogens with zero attached hydrogens (tertiary/aromatic N) is 2. The molecule has 2 saturated heterocycles. The van der Waals surface area contributed by atoms with Crippen LogP contribution in [0.1, 0.15) is 44.9 Å². The number of nitrogens with one attached hydrogen (secondary N) is 1. The van der Waals surface area contributed by atoms with Crippen molar-refractivity contribution in [3.05, 3.63) is 0 Å². The summed E-state index contributed by atoms with van der Waals surface area (Å²) >= 11 is 0. The van der Waals surface area contributed by atoms with Crippen LogP contribution in [0.5, 0.6) is 0 Å². The van der Waals surface area contributed by atoms with Crippen LogP contribution in [-0.4, -0.2) is 59.4 Å². The summed E-state index contributed by atoms with van der Waals surface area (Å²) in [7, 11) is 0. The standard InChI is InChI=1S/C16H26N4O3/c17-8-3-12-4-9-19(11-12)13(21)5-10-20-14(22)16(18-15(20)23)6-1-2-7-16/h12H,1-11,17H2,(H,18,23). The molecule has 1 atom stereocenters. The molecule has 1 aliphatic carbocycles. The Kier molecular flexibility index (Phi) is 4.57. The summed E-state index contributed by atoms with van der Waals surface area (Å²) in [4.78, 5) is 40.0. The molecule has 0 bridgehead atoms. The van der Waals surface area contributed by atoms with E-state index in [9.17, 15) is 14.4 Å². The van der Waals surface area contributed by atoms with Crippen molar-refractivity contribution in [1.29, 1.82) is 0 Å². The number of nitrogens with two attached hydrogens (primary N) is 1. The third-order valence-electron chi connectivity index (χ3n) is 5.47. The normalized spacial score (nSPS) is 26.4. The van der Waals surface area contributed by atoms with Crippen molar-refractivity contribution in [3.8, 4) is 0 Å². The maximum atomic E-state index is 12.5. The van der Waals surface area contributed by atoms with E-state index in [0.29, 0.717) is 12.5 Å².